The number of hydrogen-bond donors (Lipinski definition) is 1. The van der Waals surface area contributed by atoms with Gasteiger partial charge in [0.2, 0.25) is 5.91 Å². The summed E-state index contributed by atoms with van der Waals surface area (Å²) in [5.74, 6) is 0.263. The van der Waals surface area contributed by atoms with Crippen molar-refractivity contribution in [3.05, 3.63) is 48.3 Å². The lowest BCUT2D eigenvalue weighted by molar-refractivity contribution is -0.116. The van der Waals surface area contributed by atoms with Crippen LogP contribution in [0.2, 0.25) is 0 Å². The molecule has 0 fully saturated rings. The van der Waals surface area contributed by atoms with Crippen LogP contribution in [0.25, 0.3) is 11.3 Å². The second kappa shape index (κ2) is 6.43. The number of aryl methyl sites for hydroxylation is 2. The van der Waals surface area contributed by atoms with Gasteiger partial charge in [0.25, 0.3) is 0 Å². The molecule has 0 bridgehead atoms. The van der Waals surface area contributed by atoms with Crippen LogP contribution in [0, 0.1) is 6.92 Å². The average molecular weight is 310 g/mol. The maximum absolute atomic E-state index is 12.1. The van der Waals surface area contributed by atoms with E-state index in [-0.39, 0.29) is 12.5 Å². The van der Waals surface area contributed by atoms with Crippen molar-refractivity contribution in [2.75, 3.05) is 5.32 Å². The first-order chi connectivity index (χ1) is 11.2. The molecular formula is C16H18N6O. The van der Waals surface area contributed by atoms with E-state index in [1.54, 1.807) is 15.6 Å². The Morgan fingerprint density at radius 1 is 1.17 bits per heavy atom. The Bertz CT molecular complexity index is 805. The van der Waals surface area contributed by atoms with Crippen molar-refractivity contribution in [3.8, 4) is 11.3 Å². The molecule has 1 N–H and O–H groups in total. The van der Waals surface area contributed by atoms with Gasteiger partial charge in [0.05, 0.1) is 11.9 Å². The number of benzene rings is 1. The minimum atomic E-state index is -0.185. The molecule has 7 heteroatoms. The summed E-state index contributed by atoms with van der Waals surface area (Å²) in [5.41, 5.74) is 2.95. The monoisotopic (exact) mass is 310 g/mol. The van der Waals surface area contributed by atoms with Crippen LogP contribution in [0.4, 0.5) is 5.82 Å². The van der Waals surface area contributed by atoms with Gasteiger partial charge in [-0.3, -0.25) is 14.2 Å². The van der Waals surface area contributed by atoms with Crippen molar-refractivity contribution in [3.63, 3.8) is 0 Å². The van der Waals surface area contributed by atoms with Gasteiger partial charge in [0, 0.05) is 18.3 Å². The zero-order valence-electron chi connectivity index (χ0n) is 13.1. The third-order valence-electron chi connectivity index (χ3n) is 3.43. The molecule has 1 aromatic carbocycles. The van der Waals surface area contributed by atoms with E-state index in [4.69, 9.17) is 0 Å². The van der Waals surface area contributed by atoms with E-state index in [0.29, 0.717) is 12.4 Å². The normalized spacial score (nSPS) is 10.7. The summed E-state index contributed by atoms with van der Waals surface area (Å²) in [6, 6.07) is 9.91. The second-order valence-corrected chi connectivity index (χ2v) is 5.23. The van der Waals surface area contributed by atoms with Crippen LogP contribution in [0.1, 0.15) is 12.5 Å². The highest BCUT2D eigenvalue weighted by atomic mass is 16.2. The molecule has 118 valence electrons. The Kier molecular flexibility index (Phi) is 4.18. The predicted molar refractivity (Wildman–Crippen MR) is 86.7 cm³/mol. The fraction of sp³-hybridized carbons (Fsp3) is 0.250. The van der Waals surface area contributed by atoms with E-state index in [1.807, 2.05) is 50.4 Å². The van der Waals surface area contributed by atoms with E-state index in [9.17, 15) is 4.79 Å². The Hall–Kier alpha value is -2.96. The largest absolute Gasteiger partial charge is 0.306 e. The summed E-state index contributed by atoms with van der Waals surface area (Å²) in [6.07, 6.45) is 3.56. The smallest absolute Gasteiger partial charge is 0.247 e. The van der Waals surface area contributed by atoms with Gasteiger partial charge in [-0.2, -0.15) is 5.10 Å². The van der Waals surface area contributed by atoms with Crippen molar-refractivity contribution in [1.82, 2.24) is 24.8 Å². The summed E-state index contributed by atoms with van der Waals surface area (Å²) in [7, 11) is 0. The van der Waals surface area contributed by atoms with Crippen LogP contribution < -0.4 is 5.32 Å². The molecule has 7 nitrogen and oxygen atoms in total. The molecule has 0 saturated carbocycles. The van der Waals surface area contributed by atoms with E-state index < -0.39 is 0 Å². The highest BCUT2D eigenvalue weighted by Gasteiger charge is 2.11. The molecule has 3 rings (SSSR count). The summed E-state index contributed by atoms with van der Waals surface area (Å²) in [5, 5.41) is 15.0. The molecule has 23 heavy (non-hydrogen) atoms. The van der Waals surface area contributed by atoms with Crippen LogP contribution in [0.5, 0.6) is 0 Å². The van der Waals surface area contributed by atoms with E-state index in [0.717, 1.165) is 16.8 Å². The van der Waals surface area contributed by atoms with Gasteiger partial charge in [0.15, 0.2) is 5.82 Å². The Morgan fingerprint density at radius 2 is 1.96 bits per heavy atom. The minimum Gasteiger partial charge on any atom is -0.306 e. The van der Waals surface area contributed by atoms with E-state index in [2.05, 4.69) is 20.7 Å². The average Bonchev–Trinajstić information content (AvgIpc) is 3.14. The molecule has 0 spiro atoms. The number of nitrogens with one attached hydrogen (secondary N) is 1. The highest BCUT2D eigenvalue weighted by Crippen LogP contribution is 2.20. The van der Waals surface area contributed by atoms with Crippen LogP contribution in [0.15, 0.2) is 42.7 Å². The number of amides is 1. The molecule has 0 aliphatic heterocycles. The third kappa shape index (κ3) is 3.45. The first-order valence-corrected chi connectivity index (χ1v) is 7.45. The lowest BCUT2D eigenvalue weighted by atomic mass is 10.1. The maximum Gasteiger partial charge on any atom is 0.247 e. The predicted octanol–water partition coefficient (Wildman–Crippen LogP) is 2.11. The van der Waals surface area contributed by atoms with Crippen molar-refractivity contribution in [2.45, 2.75) is 26.9 Å². The minimum absolute atomic E-state index is 0.132. The van der Waals surface area contributed by atoms with Gasteiger partial charge in [-0.1, -0.05) is 35.5 Å². The van der Waals surface area contributed by atoms with Gasteiger partial charge in [-0.05, 0) is 19.4 Å². The van der Waals surface area contributed by atoms with Crippen molar-refractivity contribution in [2.24, 2.45) is 0 Å². The van der Waals surface area contributed by atoms with Crippen LogP contribution in [-0.4, -0.2) is 30.7 Å². The highest BCUT2D eigenvalue weighted by molar-refractivity contribution is 5.89. The van der Waals surface area contributed by atoms with Gasteiger partial charge < -0.3 is 5.32 Å². The van der Waals surface area contributed by atoms with Gasteiger partial charge in [-0.25, -0.2) is 0 Å². The van der Waals surface area contributed by atoms with Crippen LogP contribution >= 0.6 is 0 Å². The molecule has 0 aliphatic carbocycles. The number of hydrogen-bond acceptors (Lipinski definition) is 4. The van der Waals surface area contributed by atoms with E-state index >= 15 is 0 Å². The van der Waals surface area contributed by atoms with Crippen LogP contribution in [-0.2, 0) is 17.9 Å². The number of carbonyl (C=O) groups is 1. The molecule has 0 atom stereocenters. The molecule has 2 heterocycles. The molecule has 0 aliphatic rings. The summed E-state index contributed by atoms with van der Waals surface area (Å²) >= 11 is 0. The number of anilines is 1. The molecule has 0 radical (unpaired) electrons. The van der Waals surface area contributed by atoms with Crippen LogP contribution in [0.3, 0.4) is 0 Å². The zero-order valence-corrected chi connectivity index (χ0v) is 13.1. The van der Waals surface area contributed by atoms with E-state index in [1.165, 1.54) is 0 Å². The van der Waals surface area contributed by atoms with Gasteiger partial charge in [-0.15, -0.1) is 5.10 Å². The Labute approximate surface area is 133 Å². The first-order valence-electron chi connectivity index (χ1n) is 7.45. The molecule has 3 aromatic rings. The standard InChI is InChI=1S/C16H18N6O/c1-3-21-10-14(18-20-21)17-15(23)11-22-9-12(2)16(19-22)13-7-5-4-6-8-13/h4-10H,3,11H2,1-2H3,(H,17,23). The summed E-state index contributed by atoms with van der Waals surface area (Å²) in [4.78, 5) is 12.1. The lowest BCUT2D eigenvalue weighted by Gasteiger charge is -2.01. The number of carbonyl (C=O) groups excluding carboxylic acids is 1. The topological polar surface area (TPSA) is 77.6 Å². The second-order valence-electron chi connectivity index (χ2n) is 5.23. The lowest BCUT2D eigenvalue weighted by Crippen LogP contribution is -2.19. The fourth-order valence-electron chi connectivity index (χ4n) is 2.32. The molecule has 1 amide bonds. The molecule has 0 saturated heterocycles. The van der Waals surface area contributed by atoms with Crippen molar-refractivity contribution in [1.29, 1.82) is 0 Å². The fourth-order valence-corrected chi connectivity index (χ4v) is 2.32. The third-order valence-corrected chi connectivity index (χ3v) is 3.43. The Balaban J connectivity index is 1.69. The SMILES string of the molecule is CCn1cc(NC(=O)Cn2cc(C)c(-c3ccccc3)n2)nn1. The van der Waals surface area contributed by atoms with Crippen molar-refractivity contribution >= 4 is 11.7 Å². The Morgan fingerprint density at radius 3 is 2.65 bits per heavy atom. The summed E-state index contributed by atoms with van der Waals surface area (Å²) in [6.45, 7) is 4.78. The molecular weight excluding hydrogens is 292 g/mol. The van der Waals surface area contributed by atoms with Crippen molar-refractivity contribution < 1.29 is 4.79 Å². The first kappa shape index (κ1) is 15.0. The maximum atomic E-state index is 12.1. The number of aromatic nitrogens is 5. The number of rotatable bonds is 5. The quantitative estimate of drug-likeness (QED) is 0.783. The number of nitrogens with zero attached hydrogens (tertiary/aromatic N) is 5. The summed E-state index contributed by atoms with van der Waals surface area (Å²) < 4.78 is 3.29. The molecule has 0 unspecified atom stereocenters. The zero-order chi connectivity index (χ0) is 16.2. The van der Waals surface area contributed by atoms with Gasteiger partial charge in [0.1, 0.15) is 6.54 Å². The molecule has 2 aromatic heterocycles. The van der Waals surface area contributed by atoms with Gasteiger partial charge >= 0.3 is 0 Å².